The maximum atomic E-state index is 12.7. The van der Waals surface area contributed by atoms with E-state index < -0.39 is 0 Å². The van der Waals surface area contributed by atoms with Crippen molar-refractivity contribution >= 4 is 41.0 Å². The van der Waals surface area contributed by atoms with Crippen LogP contribution in [0.25, 0.3) is 0 Å². The number of carbonyl (C=O) groups excluding carboxylic acids is 3. The van der Waals surface area contributed by atoms with Crippen LogP contribution in [0.2, 0.25) is 10.0 Å². The van der Waals surface area contributed by atoms with E-state index >= 15 is 0 Å². The van der Waals surface area contributed by atoms with Crippen molar-refractivity contribution in [2.75, 3.05) is 20.2 Å². The zero-order valence-electron chi connectivity index (χ0n) is 14.8. The van der Waals surface area contributed by atoms with E-state index in [4.69, 9.17) is 23.2 Å². The fraction of sp³-hybridized carbons (Fsp3) is 0.500. The normalized spacial score (nSPS) is 18.2. The van der Waals surface area contributed by atoms with E-state index in [0.717, 1.165) is 6.42 Å². The number of piperidine rings is 1. The Hall–Kier alpha value is -1.79. The molecule has 1 heterocycles. The van der Waals surface area contributed by atoms with Crippen LogP contribution >= 0.6 is 23.2 Å². The number of benzene rings is 1. The highest BCUT2D eigenvalue weighted by Crippen LogP contribution is 2.25. The van der Waals surface area contributed by atoms with Crippen LogP contribution in [0.15, 0.2) is 18.2 Å². The van der Waals surface area contributed by atoms with Crippen molar-refractivity contribution in [3.05, 3.63) is 33.8 Å². The standard InChI is InChI=1S/C18H22Cl2N2O4/c1-11(8-16(23)26-2)21-17(24)13-4-3-7-22(10-13)18(25)12-5-6-14(19)15(20)9-12/h5-6,9,11,13H,3-4,7-8,10H2,1-2H3,(H,21,24). The summed E-state index contributed by atoms with van der Waals surface area (Å²) >= 11 is 11.9. The summed E-state index contributed by atoms with van der Waals surface area (Å²) in [5.74, 6) is -1.02. The van der Waals surface area contributed by atoms with Gasteiger partial charge in [0.15, 0.2) is 0 Å². The molecule has 0 radical (unpaired) electrons. The van der Waals surface area contributed by atoms with E-state index in [2.05, 4.69) is 10.1 Å². The Balaban J connectivity index is 1.97. The zero-order valence-corrected chi connectivity index (χ0v) is 16.3. The van der Waals surface area contributed by atoms with Crippen molar-refractivity contribution in [2.45, 2.75) is 32.2 Å². The third kappa shape index (κ3) is 5.35. The predicted octanol–water partition coefficient (Wildman–Crippen LogP) is 2.91. The van der Waals surface area contributed by atoms with Gasteiger partial charge in [0.25, 0.3) is 5.91 Å². The highest BCUT2D eigenvalue weighted by Gasteiger charge is 2.30. The highest BCUT2D eigenvalue weighted by atomic mass is 35.5. The molecule has 26 heavy (non-hydrogen) atoms. The van der Waals surface area contributed by atoms with Gasteiger partial charge in [-0.25, -0.2) is 0 Å². The number of nitrogens with one attached hydrogen (secondary N) is 1. The van der Waals surface area contributed by atoms with Crippen LogP contribution in [0.3, 0.4) is 0 Å². The van der Waals surface area contributed by atoms with Crippen molar-refractivity contribution in [3.8, 4) is 0 Å². The second-order valence-corrected chi connectivity index (χ2v) is 7.22. The highest BCUT2D eigenvalue weighted by molar-refractivity contribution is 6.42. The Morgan fingerprint density at radius 2 is 2.04 bits per heavy atom. The molecule has 1 aliphatic rings. The van der Waals surface area contributed by atoms with Crippen LogP contribution in [0.4, 0.5) is 0 Å². The first-order valence-electron chi connectivity index (χ1n) is 8.43. The maximum absolute atomic E-state index is 12.7. The fourth-order valence-electron chi connectivity index (χ4n) is 2.93. The second-order valence-electron chi connectivity index (χ2n) is 6.41. The summed E-state index contributed by atoms with van der Waals surface area (Å²) in [6.07, 6.45) is 1.54. The minimum atomic E-state index is -0.377. The monoisotopic (exact) mass is 400 g/mol. The molecule has 8 heteroatoms. The van der Waals surface area contributed by atoms with Gasteiger partial charge >= 0.3 is 5.97 Å². The zero-order chi connectivity index (χ0) is 19.3. The molecular weight excluding hydrogens is 379 g/mol. The lowest BCUT2D eigenvalue weighted by Gasteiger charge is -2.32. The van der Waals surface area contributed by atoms with Crippen LogP contribution in [0.1, 0.15) is 36.5 Å². The Morgan fingerprint density at radius 1 is 1.31 bits per heavy atom. The quantitative estimate of drug-likeness (QED) is 0.770. The van der Waals surface area contributed by atoms with Gasteiger partial charge in [-0.2, -0.15) is 0 Å². The predicted molar refractivity (Wildman–Crippen MR) is 99.3 cm³/mol. The van der Waals surface area contributed by atoms with Gasteiger partial charge in [0.2, 0.25) is 5.91 Å². The summed E-state index contributed by atoms with van der Waals surface area (Å²) in [5.41, 5.74) is 0.444. The van der Waals surface area contributed by atoms with Gasteiger partial charge in [-0.15, -0.1) is 0 Å². The Labute approximate surface area is 162 Å². The van der Waals surface area contributed by atoms with Gasteiger partial charge in [0, 0.05) is 24.7 Å². The van der Waals surface area contributed by atoms with Crippen LogP contribution in [-0.4, -0.2) is 48.9 Å². The first-order chi connectivity index (χ1) is 12.3. The van der Waals surface area contributed by atoms with Crippen LogP contribution < -0.4 is 5.32 Å². The summed E-state index contributed by atoms with van der Waals surface area (Å²) in [5, 5.41) is 3.52. The van der Waals surface area contributed by atoms with Gasteiger partial charge in [0.1, 0.15) is 0 Å². The average molecular weight is 401 g/mol. The van der Waals surface area contributed by atoms with E-state index in [0.29, 0.717) is 35.1 Å². The van der Waals surface area contributed by atoms with Crippen LogP contribution in [-0.2, 0) is 14.3 Å². The maximum Gasteiger partial charge on any atom is 0.307 e. The number of amides is 2. The van der Waals surface area contributed by atoms with E-state index in [1.54, 1.807) is 24.0 Å². The molecule has 1 fully saturated rings. The number of esters is 1. The number of nitrogens with zero attached hydrogens (tertiary/aromatic N) is 1. The molecule has 2 amide bonds. The minimum absolute atomic E-state index is 0.112. The number of methoxy groups -OCH3 is 1. The summed E-state index contributed by atoms with van der Waals surface area (Å²) in [6, 6.07) is 4.42. The molecule has 1 N–H and O–H groups in total. The number of rotatable bonds is 5. The molecule has 1 aliphatic heterocycles. The Kier molecular flexibility index (Phi) is 7.29. The van der Waals surface area contributed by atoms with Crippen molar-refractivity contribution in [1.82, 2.24) is 10.2 Å². The lowest BCUT2D eigenvalue weighted by atomic mass is 9.96. The Bertz CT molecular complexity index is 696. The number of ether oxygens (including phenoxy) is 1. The first-order valence-corrected chi connectivity index (χ1v) is 9.19. The molecule has 2 atom stereocenters. The third-order valence-corrected chi connectivity index (χ3v) is 5.07. The minimum Gasteiger partial charge on any atom is -0.469 e. The number of hydrogen-bond acceptors (Lipinski definition) is 4. The summed E-state index contributed by atoms with van der Waals surface area (Å²) in [6.45, 7) is 2.66. The molecule has 6 nitrogen and oxygen atoms in total. The third-order valence-electron chi connectivity index (χ3n) is 4.34. The lowest BCUT2D eigenvalue weighted by Crippen LogP contribution is -2.47. The largest absolute Gasteiger partial charge is 0.469 e. The number of carbonyl (C=O) groups is 3. The number of halogens is 2. The lowest BCUT2D eigenvalue weighted by molar-refractivity contribution is -0.141. The van der Waals surface area contributed by atoms with Crippen LogP contribution in [0.5, 0.6) is 0 Å². The average Bonchev–Trinajstić information content (AvgIpc) is 2.63. The molecule has 142 valence electrons. The van der Waals surface area contributed by atoms with E-state index in [9.17, 15) is 14.4 Å². The van der Waals surface area contributed by atoms with Crippen molar-refractivity contribution in [1.29, 1.82) is 0 Å². The van der Waals surface area contributed by atoms with E-state index in [1.165, 1.54) is 13.2 Å². The molecule has 0 bridgehead atoms. The smallest absolute Gasteiger partial charge is 0.307 e. The molecule has 0 saturated carbocycles. The molecule has 1 aromatic carbocycles. The first kappa shape index (κ1) is 20.5. The van der Waals surface area contributed by atoms with Crippen molar-refractivity contribution < 1.29 is 19.1 Å². The van der Waals surface area contributed by atoms with Crippen molar-refractivity contribution in [3.63, 3.8) is 0 Å². The van der Waals surface area contributed by atoms with Gasteiger partial charge in [-0.05, 0) is 38.0 Å². The van der Waals surface area contributed by atoms with Crippen LogP contribution in [0, 0.1) is 5.92 Å². The van der Waals surface area contributed by atoms with E-state index in [-0.39, 0.29) is 36.2 Å². The van der Waals surface area contributed by atoms with Gasteiger partial charge < -0.3 is 15.0 Å². The van der Waals surface area contributed by atoms with E-state index in [1.807, 2.05) is 0 Å². The molecular formula is C18H22Cl2N2O4. The van der Waals surface area contributed by atoms with Gasteiger partial charge in [-0.1, -0.05) is 23.2 Å². The molecule has 2 rings (SSSR count). The molecule has 0 spiro atoms. The van der Waals surface area contributed by atoms with Gasteiger partial charge in [0.05, 0.1) is 29.5 Å². The SMILES string of the molecule is COC(=O)CC(C)NC(=O)C1CCCN(C(=O)c2ccc(Cl)c(Cl)c2)C1. The summed E-state index contributed by atoms with van der Waals surface area (Å²) < 4.78 is 4.60. The summed E-state index contributed by atoms with van der Waals surface area (Å²) in [7, 11) is 1.31. The molecule has 0 aromatic heterocycles. The molecule has 1 aromatic rings. The fourth-order valence-corrected chi connectivity index (χ4v) is 3.23. The Morgan fingerprint density at radius 3 is 2.69 bits per heavy atom. The summed E-state index contributed by atoms with van der Waals surface area (Å²) in [4.78, 5) is 38.0. The topological polar surface area (TPSA) is 75.7 Å². The number of likely N-dealkylation sites (tertiary alicyclic amines) is 1. The molecule has 2 unspecified atom stereocenters. The number of hydrogen-bond donors (Lipinski definition) is 1. The second kappa shape index (κ2) is 9.24. The molecule has 0 aliphatic carbocycles. The molecule has 1 saturated heterocycles. The van der Waals surface area contributed by atoms with Crippen molar-refractivity contribution in [2.24, 2.45) is 5.92 Å². The van der Waals surface area contributed by atoms with Gasteiger partial charge in [-0.3, -0.25) is 14.4 Å².